The summed E-state index contributed by atoms with van der Waals surface area (Å²) in [6, 6.07) is 13.3. The Hall–Kier alpha value is -9.64. The van der Waals surface area contributed by atoms with Crippen LogP contribution in [0.25, 0.3) is 0 Å². The van der Waals surface area contributed by atoms with Crippen LogP contribution >= 0.6 is 0 Å². The Morgan fingerprint density at radius 1 is 0.632 bits per heavy atom. The molecule has 133 heavy (non-hydrogen) atoms. The van der Waals surface area contributed by atoms with Crippen LogP contribution in [0, 0.1) is 40.4 Å². The molecule has 2 unspecified atom stereocenters. The number of aromatic hydroxyl groups is 1. The Bertz CT molecular complexity index is 4590. The fraction of sp³-hybridized carbons (Fsp3) is 0.667. The Balaban J connectivity index is 0.652. The fourth-order valence-electron chi connectivity index (χ4n) is 21.1. The molecule has 37 heteroatoms. The highest BCUT2D eigenvalue weighted by Crippen LogP contribution is 2.60. The number of hydrogen-bond donors (Lipinski definition) is 16. The third kappa shape index (κ3) is 26.4. The average Bonchev–Trinajstić information content (AvgIpc) is 1.69. The van der Waals surface area contributed by atoms with Crippen molar-refractivity contribution in [3.8, 4) is 5.75 Å². The van der Waals surface area contributed by atoms with Crippen LogP contribution in [-0.4, -0.2) is 259 Å². The standard InChI is InChI=1S/C96H140N12O25/c1-57(2)80(103-86(121)68(101-77(114)32-40-127-42-44-129-46-47-130-45-43-128-41-39-107-79(116)48-58(3)87(107)122)17-11-12-37-98-78(115)56-131-73-19-10-8-9-18-70-81(73)105-106-108(70)88-84(119)83(118)82(117)74(54-110)133-88)72(113)51-63(16-13-38-99-91(97)125)85(120)100-64-27-21-59(22-28-64)55-132-92(126)102-69(53-109)71(112)50-60-20-23-61-25-30-75-93(4,66(61)49-60)33-14-35-95(75,6)89(123)104-90(124)96(7)36-15-34-94(5)67-52-65(111)29-24-62(67)26-31-76(94)96/h20-24,27-29,49,52,57-58,63,68-69,73-76,80,82-84,88,105-106,109-111,117-119H,8-19,25-26,30-48,50-51,53-56H2,1-7H3,(H,98,115)(H,100,120)(H,101,114)(H,102,126)(H,103,121)(H3,97,99,125)(H,104,123,124)/t58?,63-,68-,69+,73?,74-,75-,76-,80+,82+,83+,84-,88-,93-,94-,95+,96+/m1/s1. The summed E-state index contributed by atoms with van der Waals surface area (Å²) in [6.45, 7) is 13.4. The maximum absolute atomic E-state index is 14.9. The largest absolute Gasteiger partial charge is 0.508 e. The Morgan fingerprint density at radius 2 is 1.26 bits per heavy atom. The minimum atomic E-state index is -1.61. The average molecular weight is 1860 g/mol. The molecule has 17 N–H and O–H groups in total. The van der Waals surface area contributed by atoms with Crippen molar-refractivity contribution in [2.75, 3.05) is 97.6 Å². The van der Waals surface area contributed by atoms with E-state index in [1.165, 1.54) is 15.5 Å². The van der Waals surface area contributed by atoms with Crippen LogP contribution in [0.5, 0.6) is 5.75 Å². The number of ketones is 2. The number of hydrazine groups is 2. The van der Waals surface area contributed by atoms with E-state index in [9.17, 15) is 88.2 Å². The van der Waals surface area contributed by atoms with Gasteiger partial charge in [0, 0.05) is 56.3 Å². The number of urea groups is 1. The Kier molecular flexibility index (Phi) is 37.6. The maximum atomic E-state index is 14.9. The number of nitrogens with zero attached hydrogens (tertiary/aromatic N) is 2. The van der Waals surface area contributed by atoms with Crippen LogP contribution < -0.4 is 53.9 Å². The van der Waals surface area contributed by atoms with E-state index in [1.54, 1.807) is 51.1 Å². The molecule has 0 bridgehead atoms. The zero-order valence-electron chi connectivity index (χ0n) is 77.8. The number of Topliss-reactive ketones (excluding diaryl/α,β-unsaturated/α-hetero) is 2. The Labute approximate surface area is 777 Å². The van der Waals surface area contributed by atoms with Crippen molar-refractivity contribution in [2.24, 2.45) is 46.2 Å². The predicted octanol–water partition coefficient (Wildman–Crippen LogP) is 4.57. The number of primary amides is 1. The molecule has 734 valence electrons. The van der Waals surface area contributed by atoms with Gasteiger partial charge in [0.1, 0.15) is 61.6 Å². The first kappa shape index (κ1) is 104. The number of unbranched alkanes of at least 4 members (excludes halogenated alkanes) is 1. The van der Waals surface area contributed by atoms with Gasteiger partial charge in [0.2, 0.25) is 47.3 Å². The van der Waals surface area contributed by atoms with E-state index in [1.807, 2.05) is 44.2 Å². The highest BCUT2D eigenvalue weighted by atomic mass is 16.6. The van der Waals surface area contributed by atoms with E-state index in [-0.39, 0.29) is 183 Å². The molecule has 0 spiro atoms. The lowest BCUT2D eigenvalue weighted by Crippen LogP contribution is -2.64. The molecular formula is C96H140N12O25. The summed E-state index contributed by atoms with van der Waals surface area (Å²) in [4.78, 5) is 165. The van der Waals surface area contributed by atoms with Crippen LogP contribution in [0.2, 0.25) is 0 Å². The molecule has 11 amide bonds. The van der Waals surface area contributed by atoms with E-state index in [2.05, 4.69) is 62.0 Å². The second kappa shape index (κ2) is 48.2. The van der Waals surface area contributed by atoms with Crippen molar-refractivity contribution >= 4 is 76.6 Å². The molecule has 3 aromatic carbocycles. The third-order valence-corrected chi connectivity index (χ3v) is 28.6. The first-order valence-corrected chi connectivity index (χ1v) is 47.4. The van der Waals surface area contributed by atoms with E-state index in [4.69, 9.17) is 38.9 Å². The molecule has 3 aromatic rings. The summed E-state index contributed by atoms with van der Waals surface area (Å²) in [6.07, 6.45) is 2.70. The van der Waals surface area contributed by atoms with E-state index >= 15 is 0 Å². The first-order chi connectivity index (χ1) is 63.6. The van der Waals surface area contributed by atoms with Gasteiger partial charge in [0.05, 0.1) is 101 Å². The number of hydrogen-bond acceptors (Lipinski definition) is 28. The summed E-state index contributed by atoms with van der Waals surface area (Å²) in [5.41, 5.74) is 16.0. The number of rotatable bonds is 47. The Morgan fingerprint density at radius 3 is 1.88 bits per heavy atom. The number of benzene rings is 3. The van der Waals surface area contributed by atoms with Gasteiger partial charge in [0.15, 0.2) is 17.8 Å². The molecule has 0 aromatic heterocycles. The molecule has 3 heterocycles. The van der Waals surface area contributed by atoms with Crippen molar-refractivity contribution in [2.45, 2.75) is 275 Å². The van der Waals surface area contributed by atoms with E-state index in [0.29, 0.717) is 73.2 Å². The van der Waals surface area contributed by atoms with Crippen molar-refractivity contribution in [1.29, 1.82) is 0 Å². The molecule has 3 aliphatic heterocycles. The number of anilines is 1. The molecule has 8 aliphatic rings. The van der Waals surface area contributed by atoms with Crippen LogP contribution in [0.15, 0.2) is 72.1 Å². The smallest absolute Gasteiger partial charge is 0.408 e. The zero-order valence-corrected chi connectivity index (χ0v) is 77.8. The fourth-order valence-corrected chi connectivity index (χ4v) is 21.1. The van der Waals surface area contributed by atoms with Gasteiger partial charge in [-0.2, -0.15) is 0 Å². The number of likely N-dealkylation sites (tertiary alicyclic amines) is 1. The number of imide groups is 2. The number of carbonyl (C=O) groups is 12. The van der Waals surface area contributed by atoms with Crippen molar-refractivity contribution in [3.63, 3.8) is 0 Å². The number of ether oxygens (including phenoxy) is 7. The number of phenols is 1. The van der Waals surface area contributed by atoms with Crippen LogP contribution in [0.1, 0.15) is 217 Å². The number of aryl methyl sites for hydroxylation is 2. The van der Waals surface area contributed by atoms with Gasteiger partial charge in [-0.05, 0) is 189 Å². The monoisotopic (exact) mass is 1860 g/mol. The molecule has 37 nitrogen and oxygen atoms in total. The van der Waals surface area contributed by atoms with Gasteiger partial charge in [-0.3, -0.25) is 63.2 Å². The van der Waals surface area contributed by atoms with Gasteiger partial charge in [-0.25, -0.2) is 9.59 Å². The number of nitrogens with two attached hydrogens (primary N) is 1. The maximum Gasteiger partial charge on any atom is 0.408 e. The normalized spacial score (nSPS) is 26.4. The number of phenolic OH excluding ortho intramolecular Hbond substituents is 1. The lowest BCUT2D eigenvalue weighted by atomic mass is 9.49. The van der Waals surface area contributed by atoms with Gasteiger partial charge in [-0.15, -0.1) is 5.53 Å². The second-order valence-corrected chi connectivity index (χ2v) is 38.2. The molecule has 5 aliphatic carbocycles. The topological polar surface area (TPSA) is 532 Å². The number of aliphatic hydroxyl groups is 5. The van der Waals surface area contributed by atoms with Gasteiger partial charge < -0.3 is 107 Å². The third-order valence-electron chi connectivity index (χ3n) is 28.6. The van der Waals surface area contributed by atoms with Crippen molar-refractivity contribution in [1.82, 2.24) is 52.8 Å². The lowest BCUT2D eigenvalue weighted by molar-refractivity contribution is -0.266. The highest BCUT2D eigenvalue weighted by Gasteiger charge is 2.59. The minimum absolute atomic E-state index is 0.0318. The second-order valence-electron chi connectivity index (χ2n) is 38.2. The van der Waals surface area contributed by atoms with Crippen LogP contribution in [0.4, 0.5) is 15.3 Å². The molecule has 4 fully saturated rings. The molecular weight excluding hydrogens is 1720 g/mol. The number of nitrogens with one attached hydrogen (secondary N) is 9. The highest BCUT2D eigenvalue weighted by molar-refractivity contribution is 6.04. The number of amides is 11. The summed E-state index contributed by atoms with van der Waals surface area (Å²) < 4.78 is 39.9. The molecule has 2 saturated heterocycles. The molecule has 17 atom stereocenters. The number of alkyl carbamates (subject to hydrolysis) is 1. The number of carbonyl (C=O) groups excluding carboxylic acids is 12. The summed E-state index contributed by atoms with van der Waals surface area (Å²) in [5, 5.41) is 83.7. The predicted molar refractivity (Wildman–Crippen MR) is 484 cm³/mol. The number of allylic oxidation sites excluding steroid dienone is 1. The van der Waals surface area contributed by atoms with Crippen LogP contribution in [0.3, 0.4) is 0 Å². The molecule has 11 rings (SSSR count). The van der Waals surface area contributed by atoms with E-state index in [0.717, 1.165) is 80.9 Å². The van der Waals surface area contributed by atoms with E-state index < -0.39 is 143 Å². The minimum Gasteiger partial charge on any atom is -0.508 e. The summed E-state index contributed by atoms with van der Waals surface area (Å²) >= 11 is 0. The molecule has 0 radical (unpaired) electrons. The first-order valence-electron chi connectivity index (χ1n) is 47.4. The quantitative estimate of drug-likeness (QED) is 0.0272. The lowest BCUT2D eigenvalue weighted by Gasteiger charge is -2.56. The van der Waals surface area contributed by atoms with Gasteiger partial charge in [0.25, 0.3) is 0 Å². The summed E-state index contributed by atoms with van der Waals surface area (Å²) in [7, 11) is 0. The van der Waals surface area contributed by atoms with Gasteiger partial charge >= 0.3 is 12.1 Å². The number of aliphatic hydroxyl groups excluding tert-OH is 5. The van der Waals surface area contributed by atoms with Crippen LogP contribution in [-0.2, 0) is 118 Å². The van der Waals surface area contributed by atoms with Crippen molar-refractivity contribution in [3.05, 3.63) is 105 Å². The zero-order chi connectivity index (χ0) is 95.9. The van der Waals surface area contributed by atoms with Crippen molar-refractivity contribution < 1.29 is 121 Å². The number of fused-ring (bicyclic) bond motifs is 6. The summed E-state index contributed by atoms with van der Waals surface area (Å²) in [5.74, 6) is -6.00. The molecule has 2 saturated carbocycles. The SMILES string of the molecule is CC1CC(=O)N(CCOCCOCCOCCOCCC(=O)N[C@H](CCCCNC(=O)COC2CCCCCC3=C2NNN3[C@@H]2O[C@H](CO)[C@H](O)[C@H](O)[C@H]2O)C(=O)N[C@H](C(=O)C[C@@H](CCCNC(N)=O)C(=O)Nc2ccc(COC(=O)N[C@@H](CO)C(=O)Cc3ccc4c(c3)[C@@]3(C)CCC[C@](C)(C(=O)NC(=O)[C@@]5(C)CCC[C@]6(C)c7cc(O)ccc7CC[C@@H]56)[C@@H]3CC4)cc2)C(C)C)C1=O. The van der Waals surface area contributed by atoms with Gasteiger partial charge in [-0.1, -0.05) is 111 Å².